The lowest BCUT2D eigenvalue weighted by Gasteiger charge is -2.14. The van der Waals surface area contributed by atoms with Crippen LogP contribution in [0.1, 0.15) is 46.5 Å². The van der Waals surface area contributed by atoms with Crippen LogP contribution in [-0.4, -0.2) is 30.0 Å². The van der Waals surface area contributed by atoms with E-state index in [9.17, 15) is 9.59 Å². The summed E-state index contributed by atoms with van der Waals surface area (Å²) >= 11 is 0. The standard InChI is InChI=1S/C12H19NO5/c1-9(14)11(15)16-8-6-4-5-7-10-13-18-12(2,3)17-10/h4-8H2,1-3H3. The van der Waals surface area contributed by atoms with E-state index in [4.69, 9.17) is 14.3 Å². The van der Waals surface area contributed by atoms with E-state index >= 15 is 0 Å². The first-order chi connectivity index (χ1) is 8.41. The van der Waals surface area contributed by atoms with Gasteiger partial charge in [0, 0.05) is 27.2 Å². The molecule has 0 spiro atoms. The smallest absolute Gasteiger partial charge is 0.374 e. The molecule has 6 nitrogen and oxygen atoms in total. The second-order valence-electron chi connectivity index (χ2n) is 4.58. The zero-order chi connectivity index (χ0) is 13.6. The number of rotatable bonds is 7. The van der Waals surface area contributed by atoms with Crippen LogP contribution in [-0.2, 0) is 23.9 Å². The molecule has 1 heterocycles. The topological polar surface area (TPSA) is 74.2 Å². The minimum absolute atomic E-state index is 0.272. The molecule has 0 N–H and O–H groups in total. The van der Waals surface area contributed by atoms with Gasteiger partial charge in [0.25, 0.3) is 5.79 Å². The van der Waals surface area contributed by atoms with Gasteiger partial charge in [0.15, 0.2) is 0 Å². The fourth-order valence-electron chi connectivity index (χ4n) is 1.40. The number of carbonyl (C=O) groups is 2. The Balaban J connectivity index is 2.00. The lowest BCUT2D eigenvalue weighted by atomic mass is 10.2. The molecule has 6 heteroatoms. The minimum atomic E-state index is -0.770. The van der Waals surface area contributed by atoms with Crippen LogP contribution in [0.5, 0.6) is 0 Å². The number of nitrogens with zero attached hydrogens (tertiary/aromatic N) is 1. The third-order valence-corrected chi connectivity index (χ3v) is 2.29. The molecule has 0 aromatic rings. The van der Waals surface area contributed by atoms with Crippen molar-refractivity contribution < 1.29 is 23.9 Å². The highest BCUT2D eigenvalue weighted by atomic mass is 16.8. The van der Waals surface area contributed by atoms with E-state index in [0.29, 0.717) is 12.3 Å². The van der Waals surface area contributed by atoms with Crippen molar-refractivity contribution in [1.82, 2.24) is 0 Å². The molecule has 102 valence electrons. The second-order valence-corrected chi connectivity index (χ2v) is 4.58. The van der Waals surface area contributed by atoms with Gasteiger partial charge in [0.2, 0.25) is 11.7 Å². The van der Waals surface area contributed by atoms with Gasteiger partial charge in [-0.3, -0.25) is 4.79 Å². The van der Waals surface area contributed by atoms with Gasteiger partial charge in [0.1, 0.15) is 0 Å². The molecule has 18 heavy (non-hydrogen) atoms. The SMILES string of the molecule is CC(=O)C(=O)OCCCCCC1=NOC(C)(C)O1. The van der Waals surface area contributed by atoms with Crippen molar-refractivity contribution in [1.29, 1.82) is 0 Å². The van der Waals surface area contributed by atoms with Gasteiger partial charge < -0.3 is 14.3 Å². The lowest BCUT2D eigenvalue weighted by Crippen LogP contribution is -2.22. The number of hydrogen-bond acceptors (Lipinski definition) is 6. The Labute approximate surface area is 106 Å². The molecule has 0 aliphatic carbocycles. The van der Waals surface area contributed by atoms with Crippen LogP contribution in [0.4, 0.5) is 0 Å². The molecule has 0 fully saturated rings. The first kappa shape index (κ1) is 14.5. The van der Waals surface area contributed by atoms with Crippen molar-refractivity contribution >= 4 is 17.7 Å². The molecular formula is C12H19NO5. The largest absolute Gasteiger partial charge is 0.460 e. The van der Waals surface area contributed by atoms with Gasteiger partial charge >= 0.3 is 5.97 Å². The Morgan fingerprint density at radius 3 is 2.56 bits per heavy atom. The number of hydrogen-bond donors (Lipinski definition) is 0. The van der Waals surface area contributed by atoms with Crippen molar-refractivity contribution in [3.8, 4) is 0 Å². The number of ether oxygens (including phenoxy) is 2. The Hall–Kier alpha value is -1.59. The molecule has 1 rings (SSSR count). The number of oxime groups is 1. The third kappa shape index (κ3) is 5.16. The average Bonchev–Trinajstić information content (AvgIpc) is 2.62. The zero-order valence-electron chi connectivity index (χ0n) is 11.0. The van der Waals surface area contributed by atoms with Crippen LogP contribution in [0.2, 0.25) is 0 Å². The first-order valence-electron chi connectivity index (χ1n) is 6.02. The maximum atomic E-state index is 10.8. The Morgan fingerprint density at radius 1 is 1.28 bits per heavy atom. The van der Waals surface area contributed by atoms with E-state index in [-0.39, 0.29) is 6.61 Å². The molecule has 0 aromatic heterocycles. The van der Waals surface area contributed by atoms with Gasteiger partial charge in [-0.2, -0.15) is 0 Å². The summed E-state index contributed by atoms with van der Waals surface area (Å²) in [5.74, 6) is -1.40. The highest BCUT2D eigenvalue weighted by Crippen LogP contribution is 2.21. The fourth-order valence-corrected chi connectivity index (χ4v) is 1.40. The van der Waals surface area contributed by atoms with Gasteiger partial charge in [0.05, 0.1) is 6.61 Å². The maximum Gasteiger partial charge on any atom is 0.374 e. The number of Topliss-reactive ketones (excluding diaryl/α,β-unsaturated/α-hetero) is 1. The number of carbonyl (C=O) groups excluding carboxylic acids is 2. The van der Waals surface area contributed by atoms with Crippen molar-refractivity contribution in [3.05, 3.63) is 0 Å². The summed E-state index contributed by atoms with van der Waals surface area (Å²) in [6.07, 6.45) is 3.16. The van der Waals surface area contributed by atoms with Crippen LogP contribution in [0.3, 0.4) is 0 Å². The molecular weight excluding hydrogens is 238 g/mol. The monoisotopic (exact) mass is 257 g/mol. The average molecular weight is 257 g/mol. The van der Waals surface area contributed by atoms with Gasteiger partial charge in [-0.1, -0.05) is 0 Å². The molecule has 0 saturated heterocycles. The van der Waals surface area contributed by atoms with Crippen LogP contribution >= 0.6 is 0 Å². The van der Waals surface area contributed by atoms with Crippen LogP contribution in [0.15, 0.2) is 5.16 Å². The summed E-state index contributed by atoms with van der Waals surface area (Å²) in [6, 6.07) is 0. The molecule has 0 bridgehead atoms. The van der Waals surface area contributed by atoms with E-state index in [1.54, 1.807) is 13.8 Å². The molecule has 0 atom stereocenters. The molecule has 0 amide bonds. The van der Waals surface area contributed by atoms with E-state index < -0.39 is 17.5 Å². The van der Waals surface area contributed by atoms with Crippen LogP contribution < -0.4 is 0 Å². The van der Waals surface area contributed by atoms with Gasteiger partial charge in [-0.05, 0) is 24.4 Å². The normalized spacial score (nSPS) is 16.5. The fraction of sp³-hybridized carbons (Fsp3) is 0.750. The quantitative estimate of drug-likeness (QED) is 0.395. The summed E-state index contributed by atoms with van der Waals surface area (Å²) in [5, 5.41) is 3.82. The number of esters is 1. The van der Waals surface area contributed by atoms with Crippen molar-refractivity contribution in [2.75, 3.05) is 6.61 Å². The predicted octanol–water partition coefficient (Wildman–Crippen LogP) is 1.78. The minimum Gasteiger partial charge on any atom is -0.460 e. The number of ketones is 1. The lowest BCUT2D eigenvalue weighted by molar-refractivity contribution is -0.153. The molecule has 0 unspecified atom stereocenters. The van der Waals surface area contributed by atoms with Crippen molar-refractivity contribution in [3.63, 3.8) is 0 Å². The summed E-state index contributed by atoms with van der Waals surface area (Å²) in [7, 11) is 0. The van der Waals surface area contributed by atoms with E-state index in [1.165, 1.54) is 6.92 Å². The molecule has 0 radical (unpaired) electrons. The second kappa shape index (κ2) is 6.37. The summed E-state index contributed by atoms with van der Waals surface area (Å²) < 4.78 is 10.2. The van der Waals surface area contributed by atoms with Gasteiger partial charge in [-0.15, -0.1) is 0 Å². The summed E-state index contributed by atoms with van der Waals surface area (Å²) in [6.45, 7) is 5.06. The summed E-state index contributed by atoms with van der Waals surface area (Å²) in [5.41, 5.74) is 0. The van der Waals surface area contributed by atoms with E-state index in [2.05, 4.69) is 5.16 Å². The summed E-state index contributed by atoms with van der Waals surface area (Å²) in [4.78, 5) is 26.5. The highest BCUT2D eigenvalue weighted by Gasteiger charge is 2.29. The van der Waals surface area contributed by atoms with Crippen molar-refractivity contribution in [2.45, 2.75) is 52.2 Å². The Morgan fingerprint density at radius 2 is 2.00 bits per heavy atom. The predicted molar refractivity (Wildman–Crippen MR) is 63.8 cm³/mol. The van der Waals surface area contributed by atoms with Gasteiger partial charge in [-0.25, -0.2) is 4.79 Å². The number of unbranched alkanes of at least 4 members (excludes halogenated alkanes) is 2. The Kier molecular flexibility index (Phi) is 5.12. The first-order valence-corrected chi connectivity index (χ1v) is 6.02. The highest BCUT2D eigenvalue weighted by molar-refractivity contribution is 6.32. The maximum absolute atomic E-state index is 10.8. The van der Waals surface area contributed by atoms with Crippen LogP contribution in [0.25, 0.3) is 0 Å². The van der Waals surface area contributed by atoms with Crippen molar-refractivity contribution in [2.24, 2.45) is 5.16 Å². The molecule has 1 aliphatic rings. The molecule has 0 saturated carbocycles. The molecule has 1 aliphatic heterocycles. The van der Waals surface area contributed by atoms with E-state index in [1.807, 2.05) is 0 Å². The Bertz CT molecular complexity index is 348. The van der Waals surface area contributed by atoms with E-state index in [0.717, 1.165) is 19.3 Å². The van der Waals surface area contributed by atoms with Crippen LogP contribution in [0, 0.1) is 0 Å². The molecule has 0 aromatic carbocycles. The zero-order valence-corrected chi connectivity index (χ0v) is 11.0. The third-order valence-electron chi connectivity index (χ3n) is 2.29.